The quantitative estimate of drug-likeness (QED) is 0.692. The third-order valence-electron chi connectivity index (χ3n) is 2.74. The van der Waals surface area contributed by atoms with Crippen LogP contribution in [0, 0.1) is 5.92 Å². The number of hydrogen-bond donors (Lipinski definition) is 2. The van der Waals surface area contributed by atoms with Gasteiger partial charge in [-0.3, -0.25) is 4.79 Å². The Labute approximate surface area is 84.6 Å². The minimum absolute atomic E-state index is 0.194. The second kappa shape index (κ2) is 5.32. The summed E-state index contributed by atoms with van der Waals surface area (Å²) in [5, 5.41) is 12.2. The van der Waals surface area contributed by atoms with E-state index in [-0.39, 0.29) is 12.1 Å². The molecule has 1 aliphatic heterocycles. The van der Waals surface area contributed by atoms with E-state index in [0.717, 1.165) is 19.4 Å². The Balaban J connectivity index is 2.56. The topological polar surface area (TPSA) is 58.6 Å². The van der Waals surface area contributed by atoms with E-state index in [1.54, 1.807) is 6.92 Å². The SMILES string of the molecule is CCO[C@@H](C1CCCN1)[C@@H](C)C(=O)O. The largest absolute Gasteiger partial charge is 0.481 e. The van der Waals surface area contributed by atoms with Crippen molar-refractivity contribution in [3.05, 3.63) is 0 Å². The Hall–Kier alpha value is -0.610. The molecule has 0 aromatic rings. The highest BCUT2D eigenvalue weighted by molar-refractivity contribution is 5.70. The average Bonchev–Trinajstić information content (AvgIpc) is 2.65. The Morgan fingerprint density at radius 2 is 2.43 bits per heavy atom. The maximum atomic E-state index is 10.9. The molecule has 4 nitrogen and oxygen atoms in total. The highest BCUT2D eigenvalue weighted by atomic mass is 16.5. The van der Waals surface area contributed by atoms with Crippen molar-refractivity contribution in [2.24, 2.45) is 5.92 Å². The van der Waals surface area contributed by atoms with Crippen molar-refractivity contribution in [3.63, 3.8) is 0 Å². The van der Waals surface area contributed by atoms with Gasteiger partial charge in [-0.1, -0.05) is 0 Å². The van der Waals surface area contributed by atoms with Crippen LogP contribution in [0.25, 0.3) is 0 Å². The first-order chi connectivity index (χ1) is 6.66. The minimum atomic E-state index is -0.780. The molecule has 0 radical (unpaired) electrons. The van der Waals surface area contributed by atoms with Crippen LogP contribution in [-0.2, 0) is 9.53 Å². The summed E-state index contributed by atoms with van der Waals surface area (Å²) < 4.78 is 5.51. The molecule has 82 valence electrons. The molecule has 0 aromatic carbocycles. The molecule has 0 amide bonds. The molecule has 0 spiro atoms. The van der Waals surface area contributed by atoms with Gasteiger partial charge in [0.15, 0.2) is 0 Å². The smallest absolute Gasteiger partial charge is 0.308 e. The Kier molecular flexibility index (Phi) is 4.35. The predicted octanol–water partition coefficient (Wildman–Crippen LogP) is 0.864. The molecule has 1 aliphatic rings. The zero-order valence-electron chi connectivity index (χ0n) is 8.82. The summed E-state index contributed by atoms with van der Waals surface area (Å²) in [7, 11) is 0. The van der Waals surface area contributed by atoms with Crippen LogP contribution in [0.3, 0.4) is 0 Å². The van der Waals surface area contributed by atoms with Gasteiger partial charge in [-0.25, -0.2) is 0 Å². The molecule has 2 N–H and O–H groups in total. The number of ether oxygens (including phenoxy) is 1. The first-order valence-electron chi connectivity index (χ1n) is 5.24. The fourth-order valence-electron chi connectivity index (χ4n) is 1.93. The molecule has 0 aromatic heterocycles. The van der Waals surface area contributed by atoms with Crippen LogP contribution in [0.4, 0.5) is 0 Å². The van der Waals surface area contributed by atoms with Crippen LogP contribution < -0.4 is 5.32 Å². The average molecular weight is 201 g/mol. The van der Waals surface area contributed by atoms with Crippen LogP contribution in [0.5, 0.6) is 0 Å². The summed E-state index contributed by atoms with van der Waals surface area (Å²) in [6.07, 6.45) is 1.93. The lowest BCUT2D eigenvalue weighted by Gasteiger charge is -2.26. The van der Waals surface area contributed by atoms with E-state index in [9.17, 15) is 4.79 Å². The van der Waals surface area contributed by atoms with E-state index in [1.807, 2.05) is 6.92 Å². The number of carboxylic acids is 1. The van der Waals surface area contributed by atoms with Gasteiger partial charge >= 0.3 is 5.97 Å². The molecule has 0 bridgehead atoms. The van der Waals surface area contributed by atoms with Crippen molar-refractivity contribution < 1.29 is 14.6 Å². The molecule has 0 saturated carbocycles. The molecule has 1 heterocycles. The number of carbonyl (C=O) groups is 1. The van der Waals surface area contributed by atoms with Gasteiger partial charge in [0, 0.05) is 12.6 Å². The minimum Gasteiger partial charge on any atom is -0.481 e. The van der Waals surface area contributed by atoms with E-state index in [2.05, 4.69) is 5.32 Å². The van der Waals surface area contributed by atoms with E-state index in [0.29, 0.717) is 6.61 Å². The van der Waals surface area contributed by atoms with Crippen molar-refractivity contribution in [1.82, 2.24) is 5.32 Å². The van der Waals surface area contributed by atoms with Crippen molar-refractivity contribution >= 4 is 5.97 Å². The Morgan fingerprint density at radius 3 is 2.86 bits per heavy atom. The molecule has 0 aliphatic carbocycles. The number of rotatable bonds is 5. The van der Waals surface area contributed by atoms with Gasteiger partial charge in [0.2, 0.25) is 0 Å². The molecular formula is C10H19NO3. The van der Waals surface area contributed by atoms with Crippen molar-refractivity contribution in [3.8, 4) is 0 Å². The lowest BCUT2D eigenvalue weighted by molar-refractivity contribution is -0.147. The van der Waals surface area contributed by atoms with Crippen LogP contribution >= 0.6 is 0 Å². The number of nitrogens with one attached hydrogen (secondary N) is 1. The molecule has 4 heteroatoms. The van der Waals surface area contributed by atoms with E-state index in [1.165, 1.54) is 0 Å². The third-order valence-corrected chi connectivity index (χ3v) is 2.74. The summed E-state index contributed by atoms with van der Waals surface area (Å²) in [6.45, 7) is 5.15. The van der Waals surface area contributed by atoms with E-state index >= 15 is 0 Å². The maximum Gasteiger partial charge on any atom is 0.308 e. The summed E-state index contributed by atoms with van der Waals surface area (Å²) >= 11 is 0. The monoisotopic (exact) mass is 201 g/mol. The van der Waals surface area contributed by atoms with Gasteiger partial charge in [-0.05, 0) is 33.2 Å². The standard InChI is InChI=1S/C10H19NO3/c1-3-14-9(7(2)10(12)13)8-5-4-6-11-8/h7-9,11H,3-6H2,1-2H3,(H,12,13)/t7-,8?,9-/m1/s1. The first kappa shape index (κ1) is 11.5. The third kappa shape index (κ3) is 2.69. The zero-order chi connectivity index (χ0) is 10.6. The van der Waals surface area contributed by atoms with Crippen molar-refractivity contribution in [2.45, 2.75) is 38.8 Å². The van der Waals surface area contributed by atoms with Crippen LogP contribution in [0.2, 0.25) is 0 Å². The van der Waals surface area contributed by atoms with Crippen LogP contribution in [0.1, 0.15) is 26.7 Å². The molecule has 1 rings (SSSR count). The first-order valence-corrected chi connectivity index (χ1v) is 5.24. The number of hydrogen-bond acceptors (Lipinski definition) is 3. The maximum absolute atomic E-state index is 10.9. The lowest BCUT2D eigenvalue weighted by Crippen LogP contribution is -2.43. The predicted molar refractivity (Wildman–Crippen MR) is 53.2 cm³/mol. The molecule has 1 fully saturated rings. The molecule has 3 atom stereocenters. The van der Waals surface area contributed by atoms with E-state index < -0.39 is 11.9 Å². The second-order valence-corrected chi connectivity index (χ2v) is 3.75. The summed E-state index contributed by atoms with van der Waals surface area (Å²) in [5.41, 5.74) is 0. The van der Waals surface area contributed by atoms with Crippen LogP contribution in [0.15, 0.2) is 0 Å². The molecule has 1 unspecified atom stereocenters. The summed E-state index contributed by atoms with van der Waals surface area (Å²) in [6, 6.07) is 0.209. The van der Waals surface area contributed by atoms with Gasteiger partial charge in [0.25, 0.3) is 0 Å². The molecule has 1 saturated heterocycles. The fraction of sp³-hybridized carbons (Fsp3) is 0.900. The second-order valence-electron chi connectivity index (χ2n) is 3.75. The summed E-state index contributed by atoms with van der Waals surface area (Å²) in [4.78, 5) is 10.9. The summed E-state index contributed by atoms with van der Waals surface area (Å²) in [5.74, 6) is -1.22. The Bertz CT molecular complexity index is 190. The zero-order valence-corrected chi connectivity index (χ0v) is 8.82. The highest BCUT2D eigenvalue weighted by Gasteiger charge is 2.33. The molecular weight excluding hydrogens is 182 g/mol. The number of aliphatic carboxylic acids is 1. The fourth-order valence-corrected chi connectivity index (χ4v) is 1.93. The van der Waals surface area contributed by atoms with Gasteiger partial charge in [-0.15, -0.1) is 0 Å². The van der Waals surface area contributed by atoms with E-state index in [4.69, 9.17) is 9.84 Å². The number of carboxylic acid groups (broad SMARTS) is 1. The van der Waals surface area contributed by atoms with Gasteiger partial charge < -0.3 is 15.2 Å². The highest BCUT2D eigenvalue weighted by Crippen LogP contribution is 2.19. The van der Waals surface area contributed by atoms with Crippen molar-refractivity contribution in [1.29, 1.82) is 0 Å². The normalized spacial score (nSPS) is 26.0. The van der Waals surface area contributed by atoms with Crippen molar-refractivity contribution in [2.75, 3.05) is 13.2 Å². The van der Waals surface area contributed by atoms with Gasteiger partial charge in [0.05, 0.1) is 12.0 Å². The van der Waals surface area contributed by atoms with Gasteiger partial charge in [0.1, 0.15) is 0 Å². The Morgan fingerprint density at radius 1 is 1.71 bits per heavy atom. The molecule has 14 heavy (non-hydrogen) atoms. The lowest BCUT2D eigenvalue weighted by atomic mass is 9.96. The van der Waals surface area contributed by atoms with Crippen LogP contribution in [-0.4, -0.2) is 36.4 Å². The van der Waals surface area contributed by atoms with Gasteiger partial charge in [-0.2, -0.15) is 0 Å².